The first kappa shape index (κ1) is 15.3. The van der Waals surface area contributed by atoms with Crippen molar-refractivity contribution < 1.29 is 12.8 Å². The predicted molar refractivity (Wildman–Crippen MR) is 78.6 cm³/mol. The lowest BCUT2D eigenvalue weighted by Crippen LogP contribution is -2.39. The summed E-state index contributed by atoms with van der Waals surface area (Å²) in [5.41, 5.74) is 5.88. The zero-order chi connectivity index (χ0) is 14.6. The monoisotopic (exact) mass is 300 g/mol. The summed E-state index contributed by atoms with van der Waals surface area (Å²) >= 11 is 0. The molecule has 1 saturated carbocycles. The number of nitrogens with two attached hydrogens (primary N) is 1. The van der Waals surface area contributed by atoms with E-state index in [2.05, 4.69) is 0 Å². The second kappa shape index (κ2) is 6.54. The van der Waals surface area contributed by atoms with E-state index in [1.54, 1.807) is 6.07 Å². The molecular formula is C14H21FN2O2S. The number of sulfonamides is 1. The minimum Gasteiger partial charge on any atom is -0.330 e. The van der Waals surface area contributed by atoms with Crippen LogP contribution in [-0.4, -0.2) is 26.8 Å². The van der Waals surface area contributed by atoms with E-state index in [1.807, 2.05) is 0 Å². The van der Waals surface area contributed by atoms with Gasteiger partial charge >= 0.3 is 0 Å². The van der Waals surface area contributed by atoms with E-state index in [9.17, 15) is 12.8 Å². The number of anilines is 1. The molecular weight excluding hydrogens is 279 g/mol. The van der Waals surface area contributed by atoms with Crippen molar-refractivity contribution in [2.24, 2.45) is 5.73 Å². The highest BCUT2D eigenvalue weighted by atomic mass is 32.2. The first-order chi connectivity index (χ1) is 9.55. The Balaban J connectivity index is 2.31. The zero-order valence-corrected chi connectivity index (χ0v) is 12.3. The molecule has 2 rings (SSSR count). The molecule has 4 nitrogen and oxygen atoms in total. The van der Waals surface area contributed by atoms with Gasteiger partial charge in [0.2, 0.25) is 10.0 Å². The smallest absolute Gasteiger partial charge is 0.238 e. The van der Waals surface area contributed by atoms with Gasteiger partial charge in [0.05, 0.1) is 10.9 Å². The molecule has 0 aliphatic heterocycles. The molecule has 20 heavy (non-hydrogen) atoms. The van der Waals surface area contributed by atoms with Gasteiger partial charge in [-0.05, 0) is 44.0 Å². The Morgan fingerprint density at radius 2 is 2.00 bits per heavy atom. The van der Waals surface area contributed by atoms with Crippen LogP contribution in [0.3, 0.4) is 0 Å². The summed E-state index contributed by atoms with van der Waals surface area (Å²) in [6.07, 6.45) is 3.82. The molecule has 0 radical (unpaired) electrons. The van der Waals surface area contributed by atoms with Crippen LogP contribution in [0.5, 0.6) is 0 Å². The summed E-state index contributed by atoms with van der Waals surface area (Å²) < 4.78 is 40.1. The summed E-state index contributed by atoms with van der Waals surface area (Å²) in [6, 6.07) is 5.74. The maximum Gasteiger partial charge on any atom is 0.238 e. The van der Waals surface area contributed by atoms with E-state index in [1.165, 1.54) is 22.5 Å². The second-order valence-electron chi connectivity index (χ2n) is 5.15. The lowest BCUT2D eigenvalue weighted by atomic mass is 10.3. The van der Waals surface area contributed by atoms with Gasteiger partial charge in [0, 0.05) is 6.54 Å². The fourth-order valence-electron chi connectivity index (χ4n) is 2.64. The van der Waals surface area contributed by atoms with Gasteiger partial charge in [-0.15, -0.1) is 0 Å². The minimum atomic E-state index is -3.43. The standard InChI is InChI=1S/C14H21FN2O2S/c15-12-5-3-6-13(11-12)17(10-4-9-16)20(18,19)14-7-1-2-8-14/h3,5-6,11,14H,1-2,4,7-10,16H2. The number of benzene rings is 1. The third kappa shape index (κ3) is 3.30. The molecule has 1 aliphatic rings. The average molecular weight is 300 g/mol. The molecule has 0 unspecified atom stereocenters. The third-order valence-electron chi connectivity index (χ3n) is 3.69. The Kier molecular flexibility index (Phi) is 4.99. The molecule has 0 amide bonds. The van der Waals surface area contributed by atoms with Crippen LogP contribution in [0.2, 0.25) is 0 Å². The van der Waals surface area contributed by atoms with Crippen molar-refractivity contribution in [3.05, 3.63) is 30.1 Å². The third-order valence-corrected chi connectivity index (χ3v) is 6.01. The van der Waals surface area contributed by atoms with Crippen LogP contribution in [0.25, 0.3) is 0 Å². The van der Waals surface area contributed by atoms with Crippen LogP contribution < -0.4 is 10.0 Å². The van der Waals surface area contributed by atoms with Gasteiger partial charge in [0.15, 0.2) is 0 Å². The molecule has 0 saturated heterocycles. The number of nitrogens with zero attached hydrogens (tertiary/aromatic N) is 1. The van der Waals surface area contributed by atoms with E-state index >= 15 is 0 Å². The summed E-state index contributed by atoms with van der Waals surface area (Å²) in [7, 11) is -3.43. The van der Waals surface area contributed by atoms with Gasteiger partial charge in [-0.2, -0.15) is 0 Å². The molecule has 0 aromatic heterocycles. The van der Waals surface area contributed by atoms with Crippen molar-refractivity contribution in [1.29, 1.82) is 0 Å². The number of hydrogen-bond donors (Lipinski definition) is 1. The molecule has 112 valence electrons. The van der Waals surface area contributed by atoms with Gasteiger partial charge in [-0.25, -0.2) is 12.8 Å². The maximum absolute atomic E-state index is 13.4. The van der Waals surface area contributed by atoms with Crippen molar-refractivity contribution in [3.8, 4) is 0 Å². The lowest BCUT2D eigenvalue weighted by molar-refractivity contribution is 0.572. The quantitative estimate of drug-likeness (QED) is 0.876. The van der Waals surface area contributed by atoms with E-state index < -0.39 is 15.8 Å². The van der Waals surface area contributed by atoms with Gasteiger partial charge in [-0.3, -0.25) is 4.31 Å². The Morgan fingerprint density at radius 1 is 1.30 bits per heavy atom. The molecule has 0 atom stereocenters. The molecule has 1 aromatic carbocycles. The van der Waals surface area contributed by atoms with E-state index in [4.69, 9.17) is 5.73 Å². The second-order valence-corrected chi connectivity index (χ2v) is 7.28. The van der Waals surface area contributed by atoms with Gasteiger partial charge < -0.3 is 5.73 Å². The van der Waals surface area contributed by atoms with Gasteiger partial charge in [-0.1, -0.05) is 18.9 Å². The lowest BCUT2D eigenvalue weighted by Gasteiger charge is -2.27. The van der Waals surface area contributed by atoms with Crippen LogP contribution in [0.1, 0.15) is 32.1 Å². The summed E-state index contributed by atoms with van der Waals surface area (Å²) in [6.45, 7) is 0.713. The Morgan fingerprint density at radius 3 is 2.60 bits per heavy atom. The summed E-state index contributed by atoms with van der Waals surface area (Å²) in [5.74, 6) is -0.429. The molecule has 2 N–H and O–H groups in total. The number of hydrogen-bond acceptors (Lipinski definition) is 3. The highest BCUT2D eigenvalue weighted by Gasteiger charge is 2.34. The molecule has 0 spiro atoms. The fraction of sp³-hybridized carbons (Fsp3) is 0.571. The Hall–Kier alpha value is -1.14. The van der Waals surface area contributed by atoms with Crippen molar-refractivity contribution in [1.82, 2.24) is 0 Å². The van der Waals surface area contributed by atoms with Crippen LogP contribution in [0.4, 0.5) is 10.1 Å². The highest BCUT2D eigenvalue weighted by Crippen LogP contribution is 2.30. The number of rotatable bonds is 6. The molecule has 6 heteroatoms. The molecule has 0 bridgehead atoms. The fourth-order valence-corrected chi connectivity index (χ4v) is 4.72. The van der Waals surface area contributed by atoms with E-state index in [0.29, 0.717) is 38.0 Å². The first-order valence-electron chi connectivity index (χ1n) is 7.03. The van der Waals surface area contributed by atoms with Crippen molar-refractivity contribution in [2.75, 3.05) is 17.4 Å². The Labute approximate surface area is 119 Å². The first-order valence-corrected chi connectivity index (χ1v) is 8.53. The predicted octanol–water partition coefficient (Wildman–Crippen LogP) is 2.25. The molecule has 0 heterocycles. The molecule has 1 fully saturated rings. The highest BCUT2D eigenvalue weighted by molar-refractivity contribution is 7.93. The zero-order valence-electron chi connectivity index (χ0n) is 11.5. The Bertz CT molecular complexity index is 542. The van der Waals surface area contributed by atoms with Crippen LogP contribution >= 0.6 is 0 Å². The van der Waals surface area contributed by atoms with Gasteiger partial charge in [0.1, 0.15) is 5.82 Å². The summed E-state index contributed by atoms with van der Waals surface area (Å²) in [5, 5.41) is -0.344. The SMILES string of the molecule is NCCCN(c1cccc(F)c1)S(=O)(=O)C1CCCC1. The molecule has 1 aromatic rings. The topological polar surface area (TPSA) is 63.4 Å². The van der Waals surface area contributed by atoms with E-state index in [-0.39, 0.29) is 5.25 Å². The average Bonchev–Trinajstić information content (AvgIpc) is 2.93. The van der Waals surface area contributed by atoms with Gasteiger partial charge in [0.25, 0.3) is 0 Å². The number of halogens is 1. The largest absolute Gasteiger partial charge is 0.330 e. The van der Waals surface area contributed by atoms with E-state index in [0.717, 1.165) is 12.8 Å². The van der Waals surface area contributed by atoms with Crippen molar-refractivity contribution >= 4 is 15.7 Å². The minimum absolute atomic E-state index is 0.304. The van der Waals surface area contributed by atoms with Crippen LogP contribution in [0, 0.1) is 5.82 Å². The maximum atomic E-state index is 13.4. The molecule has 1 aliphatic carbocycles. The summed E-state index contributed by atoms with van der Waals surface area (Å²) in [4.78, 5) is 0. The van der Waals surface area contributed by atoms with Crippen molar-refractivity contribution in [2.45, 2.75) is 37.4 Å². The van der Waals surface area contributed by atoms with Crippen molar-refractivity contribution in [3.63, 3.8) is 0 Å². The van der Waals surface area contributed by atoms with Crippen LogP contribution in [0.15, 0.2) is 24.3 Å². The van der Waals surface area contributed by atoms with Crippen LogP contribution in [-0.2, 0) is 10.0 Å². The normalized spacial score (nSPS) is 16.5.